The number of ketones is 1. The van der Waals surface area contributed by atoms with Gasteiger partial charge < -0.3 is 5.11 Å². The van der Waals surface area contributed by atoms with Gasteiger partial charge in [0.25, 0.3) is 0 Å². The van der Waals surface area contributed by atoms with E-state index in [0.29, 0.717) is 23.0 Å². The van der Waals surface area contributed by atoms with Crippen LogP contribution in [0.3, 0.4) is 0 Å². The first-order valence-electron chi connectivity index (χ1n) is 11.0. The Labute approximate surface area is 154 Å². The maximum absolute atomic E-state index is 12.3. The van der Waals surface area contributed by atoms with Crippen molar-refractivity contribution in [2.24, 2.45) is 40.4 Å². The lowest BCUT2D eigenvalue weighted by atomic mass is 9.43. The van der Waals surface area contributed by atoms with Crippen molar-refractivity contribution < 1.29 is 9.90 Å². The fourth-order valence-corrected chi connectivity index (χ4v) is 8.34. The molecule has 4 rings (SSSR count). The number of rotatable bonds is 2. The van der Waals surface area contributed by atoms with E-state index < -0.39 is 5.60 Å². The molecule has 2 nitrogen and oxygen atoms in total. The normalized spacial score (nSPS) is 55.4. The number of carbonyl (C=O) groups is 1. The summed E-state index contributed by atoms with van der Waals surface area (Å²) < 4.78 is 0. The SMILES string of the molecule is CCC[C@]1(O)CC[C@@H]2[C@@H]3CC[C@H]4CC(=O)[C@H](C)C[C@]4(C)[C@H]3CC[C@@]21C. The third-order valence-corrected chi connectivity index (χ3v) is 9.79. The summed E-state index contributed by atoms with van der Waals surface area (Å²) in [6.45, 7) is 9.31. The van der Waals surface area contributed by atoms with E-state index in [1.54, 1.807) is 0 Å². The summed E-state index contributed by atoms with van der Waals surface area (Å²) in [5.41, 5.74) is 0.0669. The van der Waals surface area contributed by atoms with Crippen molar-refractivity contribution in [3.63, 3.8) is 0 Å². The number of hydrogen-bond acceptors (Lipinski definition) is 2. The lowest BCUT2D eigenvalue weighted by Gasteiger charge is -2.61. The summed E-state index contributed by atoms with van der Waals surface area (Å²) in [5, 5.41) is 11.5. The third kappa shape index (κ3) is 2.35. The molecule has 0 aliphatic heterocycles. The second-order valence-corrected chi connectivity index (χ2v) is 10.7. The molecule has 0 amide bonds. The fraction of sp³-hybridized carbons (Fsp3) is 0.957. The van der Waals surface area contributed by atoms with Gasteiger partial charge in [-0.25, -0.2) is 0 Å². The lowest BCUT2D eigenvalue weighted by Crippen LogP contribution is -2.57. The molecule has 0 heterocycles. The molecule has 0 aromatic heterocycles. The van der Waals surface area contributed by atoms with Crippen LogP contribution in [0.2, 0.25) is 0 Å². The van der Waals surface area contributed by atoms with Crippen molar-refractivity contribution in [3.8, 4) is 0 Å². The highest BCUT2D eigenvalue weighted by Crippen LogP contribution is 2.68. The van der Waals surface area contributed by atoms with Gasteiger partial charge in [-0.15, -0.1) is 0 Å². The van der Waals surface area contributed by atoms with Gasteiger partial charge in [-0.1, -0.05) is 34.1 Å². The molecular formula is C23H38O2. The minimum atomic E-state index is -0.426. The number of carbonyl (C=O) groups excluding carboxylic acids is 1. The monoisotopic (exact) mass is 346 g/mol. The Balaban J connectivity index is 1.63. The molecule has 4 fully saturated rings. The molecule has 0 radical (unpaired) electrons. The topological polar surface area (TPSA) is 37.3 Å². The average Bonchev–Trinajstić information content (AvgIpc) is 2.81. The summed E-state index contributed by atoms with van der Waals surface area (Å²) >= 11 is 0. The zero-order valence-corrected chi connectivity index (χ0v) is 16.8. The highest BCUT2D eigenvalue weighted by atomic mass is 16.3. The first kappa shape index (κ1) is 18.0. The second kappa shape index (κ2) is 5.81. The van der Waals surface area contributed by atoms with E-state index in [1.165, 1.54) is 32.1 Å². The minimum Gasteiger partial charge on any atom is -0.389 e. The van der Waals surface area contributed by atoms with Gasteiger partial charge in [-0.2, -0.15) is 0 Å². The summed E-state index contributed by atoms with van der Waals surface area (Å²) in [6, 6.07) is 0. The Hall–Kier alpha value is -0.370. The van der Waals surface area contributed by atoms with Crippen molar-refractivity contribution in [1.82, 2.24) is 0 Å². The summed E-state index contributed by atoms with van der Waals surface area (Å²) in [6.07, 6.45) is 11.3. The van der Waals surface area contributed by atoms with Crippen molar-refractivity contribution in [2.45, 2.75) is 97.5 Å². The number of Topliss-reactive ketones (excluding diaryl/α,β-unsaturated/α-hetero) is 1. The first-order valence-corrected chi connectivity index (χ1v) is 11.0. The van der Waals surface area contributed by atoms with Crippen LogP contribution in [0.1, 0.15) is 91.9 Å². The van der Waals surface area contributed by atoms with Crippen molar-refractivity contribution in [2.75, 3.05) is 0 Å². The highest BCUT2D eigenvalue weighted by molar-refractivity contribution is 5.82. The van der Waals surface area contributed by atoms with Crippen molar-refractivity contribution >= 4 is 5.78 Å². The predicted molar refractivity (Wildman–Crippen MR) is 101 cm³/mol. The maximum Gasteiger partial charge on any atom is 0.136 e. The molecule has 4 aliphatic rings. The molecule has 0 bridgehead atoms. The Bertz CT molecular complexity index is 556. The van der Waals surface area contributed by atoms with E-state index in [1.807, 2.05) is 0 Å². The van der Waals surface area contributed by atoms with Crippen LogP contribution in [0.15, 0.2) is 0 Å². The Morgan fingerprint density at radius 1 is 1.08 bits per heavy atom. The summed E-state index contributed by atoms with van der Waals surface area (Å²) in [7, 11) is 0. The van der Waals surface area contributed by atoms with Gasteiger partial charge in [0.1, 0.15) is 5.78 Å². The van der Waals surface area contributed by atoms with Crippen LogP contribution >= 0.6 is 0 Å². The van der Waals surface area contributed by atoms with Crippen molar-refractivity contribution in [3.05, 3.63) is 0 Å². The standard InChI is InChI=1S/C23H38O2/c1-5-10-23(25)12-9-19-17-7-6-16-13-20(24)15(2)14-21(16,3)18(17)8-11-22(19,23)4/h15-19,25H,5-14H2,1-4H3/t15-,16+,17-,18+,19-,21+,22+,23+/m1/s1. The second-order valence-electron chi connectivity index (χ2n) is 10.7. The maximum atomic E-state index is 12.3. The van der Waals surface area contributed by atoms with Gasteiger partial charge in [0.05, 0.1) is 5.60 Å². The number of hydrogen-bond donors (Lipinski definition) is 1. The molecule has 1 N–H and O–H groups in total. The molecule has 8 atom stereocenters. The first-order chi connectivity index (χ1) is 11.7. The Kier molecular flexibility index (Phi) is 4.19. The van der Waals surface area contributed by atoms with Gasteiger partial charge in [0.15, 0.2) is 0 Å². The van der Waals surface area contributed by atoms with E-state index in [0.717, 1.165) is 43.9 Å². The van der Waals surface area contributed by atoms with Crippen LogP contribution in [-0.2, 0) is 4.79 Å². The van der Waals surface area contributed by atoms with Gasteiger partial charge >= 0.3 is 0 Å². The largest absolute Gasteiger partial charge is 0.389 e. The quantitative estimate of drug-likeness (QED) is 0.729. The molecule has 0 aromatic rings. The molecule has 4 aliphatic carbocycles. The van der Waals surface area contributed by atoms with E-state index in [9.17, 15) is 9.90 Å². The Morgan fingerprint density at radius 2 is 1.80 bits per heavy atom. The molecule has 2 heteroatoms. The smallest absolute Gasteiger partial charge is 0.136 e. The van der Waals surface area contributed by atoms with Gasteiger partial charge in [-0.05, 0) is 85.9 Å². The number of fused-ring (bicyclic) bond motifs is 5. The van der Waals surface area contributed by atoms with Crippen LogP contribution in [0.25, 0.3) is 0 Å². The molecule has 0 spiro atoms. The third-order valence-electron chi connectivity index (χ3n) is 9.79. The lowest BCUT2D eigenvalue weighted by molar-refractivity contribution is -0.162. The van der Waals surface area contributed by atoms with Gasteiger partial charge in [-0.3, -0.25) is 4.79 Å². The molecule has 4 saturated carbocycles. The van der Waals surface area contributed by atoms with Crippen LogP contribution in [0, 0.1) is 40.4 Å². The zero-order valence-electron chi connectivity index (χ0n) is 16.8. The molecule has 0 saturated heterocycles. The van der Waals surface area contributed by atoms with Crippen LogP contribution in [-0.4, -0.2) is 16.5 Å². The molecule has 25 heavy (non-hydrogen) atoms. The Morgan fingerprint density at radius 3 is 2.52 bits per heavy atom. The highest BCUT2D eigenvalue weighted by Gasteiger charge is 2.64. The van der Waals surface area contributed by atoms with Crippen molar-refractivity contribution in [1.29, 1.82) is 0 Å². The van der Waals surface area contributed by atoms with E-state index >= 15 is 0 Å². The zero-order chi connectivity index (χ0) is 18.0. The van der Waals surface area contributed by atoms with E-state index in [2.05, 4.69) is 27.7 Å². The van der Waals surface area contributed by atoms with Crippen LogP contribution in [0.4, 0.5) is 0 Å². The molecule has 0 unspecified atom stereocenters. The minimum absolute atomic E-state index is 0.128. The molecule has 142 valence electrons. The van der Waals surface area contributed by atoms with Gasteiger partial charge in [0, 0.05) is 12.3 Å². The number of aliphatic hydroxyl groups is 1. The fourth-order valence-electron chi connectivity index (χ4n) is 8.34. The van der Waals surface area contributed by atoms with Gasteiger partial charge in [0.2, 0.25) is 0 Å². The molecule has 0 aromatic carbocycles. The molecular weight excluding hydrogens is 308 g/mol. The average molecular weight is 347 g/mol. The van der Waals surface area contributed by atoms with E-state index in [-0.39, 0.29) is 11.3 Å². The summed E-state index contributed by atoms with van der Waals surface area (Å²) in [5.74, 6) is 3.66. The van der Waals surface area contributed by atoms with Crippen LogP contribution in [0.5, 0.6) is 0 Å². The summed E-state index contributed by atoms with van der Waals surface area (Å²) in [4.78, 5) is 12.3. The van der Waals surface area contributed by atoms with Crippen LogP contribution < -0.4 is 0 Å². The van der Waals surface area contributed by atoms with E-state index in [4.69, 9.17) is 0 Å². The predicted octanol–water partition coefficient (Wildman–Crippen LogP) is 5.38.